The summed E-state index contributed by atoms with van der Waals surface area (Å²) in [5.41, 5.74) is 2.51. The van der Waals surface area contributed by atoms with Gasteiger partial charge >= 0.3 is 6.09 Å². The predicted molar refractivity (Wildman–Crippen MR) is 167 cm³/mol. The molecule has 2 saturated heterocycles. The Bertz CT molecular complexity index is 1770. The third kappa shape index (κ3) is 7.52. The summed E-state index contributed by atoms with van der Waals surface area (Å²) >= 11 is 0. The minimum absolute atomic E-state index is 0.0520. The molecule has 0 atom stereocenters. The number of carbonyl (C=O) groups excluding carboxylic acids is 1. The fraction of sp³-hybridized carbons (Fsp3) is 0.516. The number of aromatic nitrogens is 6. The Morgan fingerprint density at radius 2 is 1.29 bits per heavy atom. The number of fused-ring (bicyclic) bond motifs is 2. The van der Waals surface area contributed by atoms with Crippen LogP contribution >= 0.6 is 0 Å². The molecule has 0 bridgehead atoms. The first-order chi connectivity index (χ1) is 21.6. The first-order valence-corrected chi connectivity index (χ1v) is 15.2. The summed E-state index contributed by atoms with van der Waals surface area (Å²) in [6.45, 7) is 7.94. The van der Waals surface area contributed by atoms with Crippen LogP contribution in [0.25, 0.3) is 22.3 Å². The maximum Gasteiger partial charge on any atom is 0.410 e. The standard InChI is InChI=1S/C18H24N4O4.C13H16N4O2/c1-18(2,3)26-17(25)21-8-6-13(7-9-21)22-15(24)5-4-14-16(22)20-12(11-23)10-19-14;18-8-9-7-15-11-1-2-12(19)17(13(11)16-9)10-3-5-14-6-4-10/h4-5,10,13,23H,6-9,11H2,1-3H3;1-2,7,10,14,18H,3-6,8H2. The zero-order chi connectivity index (χ0) is 32.1. The van der Waals surface area contributed by atoms with Crippen LogP contribution in [0.15, 0.2) is 46.2 Å². The number of aliphatic hydroxyl groups excluding tert-OH is 2. The Morgan fingerprint density at radius 3 is 1.73 bits per heavy atom. The molecule has 6 rings (SSSR count). The van der Waals surface area contributed by atoms with Crippen LogP contribution in [0.3, 0.4) is 0 Å². The van der Waals surface area contributed by atoms with Crippen molar-refractivity contribution in [2.45, 2.75) is 77.4 Å². The fourth-order valence-electron chi connectivity index (χ4n) is 5.66. The summed E-state index contributed by atoms with van der Waals surface area (Å²) in [6, 6.07) is 6.42. The molecular weight excluding hydrogens is 580 g/mol. The van der Waals surface area contributed by atoms with Crippen LogP contribution in [0.5, 0.6) is 0 Å². The number of amides is 1. The SMILES string of the molecule is CC(C)(C)OC(=O)N1CCC(n2c(=O)ccc3ncc(CO)nc32)CC1.O=c1ccc2ncc(CO)nc2n1C1CCNCC1. The third-order valence-electron chi connectivity index (χ3n) is 7.84. The number of hydrogen-bond acceptors (Lipinski definition) is 11. The molecule has 14 nitrogen and oxygen atoms in total. The van der Waals surface area contributed by atoms with Gasteiger partial charge in [0.05, 0.1) is 37.0 Å². The Kier molecular flexibility index (Phi) is 9.85. The van der Waals surface area contributed by atoms with E-state index in [1.54, 1.807) is 32.4 Å². The predicted octanol–water partition coefficient (Wildman–Crippen LogP) is 2.06. The van der Waals surface area contributed by atoms with E-state index in [0.717, 1.165) is 25.9 Å². The minimum Gasteiger partial charge on any atom is -0.444 e. The molecule has 45 heavy (non-hydrogen) atoms. The van der Waals surface area contributed by atoms with E-state index < -0.39 is 5.60 Å². The zero-order valence-corrected chi connectivity index (χ0v) is 25.8. The van der Waals surface area contributed by atoms with Crippen molar-refractivity contribution >= 4 is 28.4 Å². The van der Waals surface area contributed by atoms with Crippen molar-refractivity contribution in [3.8, 4) is 0 Å². The van der Waals surface area contributed by atoms with Gasteiger partial charge in [0.25, 0.3) is 11.1 Å². The van der Waals surface area contributed by atoms with E-state index in [4.69, 9.17) is 9.84 Å². The molecule has 1 amide bonds. The number of likely N-dealkylation sites (tertiary alicyclic amines) is 1. The number of nitrogens with one attached hydrogen (secondary N) is 1. The number of nitrogens with zero attached hydrogens (tertiary/aromatic N) is 7. The van der Waals surface area contributed by atoms with Crippen LogP contribution in [0.4, 0.5) is 4.79 Å². The molecule has 3 N–H and O–H groups in total. The molecule has 4 aromatic heterocycles. The largest absolute Gasteiger partial charge is 0.444 e. The average Bonchev–Trinajstić information content (AvgIpc) is 3.04. The highest BCUT2D eigenvalue weighted by Crippen LogP contribution is 2.25. The molecule has 4 aromatic rings. The van der Waals surface area contributed by atoms with E-state index in [1.807, 2.05) is 20.8 Å². The van der Waals surface area contributed by atoms with Crippen LogP contribution in [-0.4, -0.2) is 82.1 Å². The second-order valence-electron chi connectivity index (χ2n) is 12.2. The lowest BCUT2D eigenvalue weighted by molar-refractivity contribution is 0.0188. The highest BCUT2D eigenvalue weighted by atomic mass is 16.6. The van der Waals surface area contributed by atoms with E-state index in [-0.39, 0.29) is 42.5 Å². The Balaban J connectivity index is 0.000000186. The first kappa shape index (κ1) is 32.1. The van der Waals surface area contributed by atoms with Gasteiger partial charge < -0.3 is 25.2 Å². The molecule has 0 unspecified atom stereocenters. The van der Waals surface area contributed by atoms with Gasteiger partial charge in [-0.2, -0.15) is 0 Å². The van der Waals surface area contributed by atoms with E-state index in [2.05, 4.69) is 25.3 Å². The molecule has 0 spiro atoms. The zero-order valence-electron chi connectivity index (χ0n) is 25.8. The second-order valence-corrected chi connectivity index (χ2v) is 12.2. The highest BCUT2D eigenvalue weighted by Gasteiger charge is 2.29. The number of hydrogen-bond donors (Lipinski definition) is 3. The maximum absolute atomic E-state index is 12.5. The number of rotatable bonds is 4. The lowest BCUT2D eigenvalue weighted by Crippen LogP contribution is -2.43. The van der Waals surface area contributed by atoms with Gasteiger partial charge in [-0.3, -0.25) is 28.7 Å². The number of piperidine rings is 2. The van der Waals surface area contributed by atoms with Crippen molar-refractivity contribution in [3.05, 3.63) is 68.8 Å². The van der Waals surface area contributed by atoms with Gasteiger partial charge in [0.2, 0.25) is 0 Å². The molecule has 2 aliphatic heterocycles. The number of aliphatic hydroxyl groups is 2. The second kappa shape index (κ2) is 13.8. The molecule has 2 fully saturated rings. The summed E-state index contributed by atoms with van der Waals surface area (Å²) in [5, 5.41) is 21.8. The lowest BCUT2D eigenvalue weighted by atomic mass is 10.0. The quantitative estimate of drug-likeness (QED) is 0.304. The Morgan fingerprint density at radius 1 is 0.822 bits per heavy atom. The summed E-state index contributed by atoms with van der Waals surface area (Å²) < 4.78 is 8.77. The third-order valence-corrected chi connectivity index (χ3v) is 7.84. The smallest absolute Gasteiger partial charge is 0.410 e. The normalized spacial score (nSPS) is 16.4. The molecule has 0 radical (unpaired) electrons. The van der Waals surface area contributed by atoms with E-state index >= 15 is 0 Å². The van der Waals surface area contributed by atoms with Crippen LogP contribution in [0.2, 0.25) is 0 Å². The fourth-order valence-corrected chi connectivity index (χ4v) is 5.66. The molecule has 0 aromatic carbocycles. The van der Waals surface area contributed by atoms with Gasteiger partial charge in [-0.15, -0.1) is 0 Å². The van der Waals surface area contributed by atoms with Gasteiger partial charge in [-0.05, 0) is 71.7 Å². The molecule has 0 aliphatic carbocycles. The van der Waals surface area contributed by atoms with Crippen LogP contribution in [0.1, 0.15) is 69.9 Å². The lowest BCUT2D eigenvalue weighted by Gasteiger charge is -2.34. The van der Waals surface area contributed by atoms with Gasteiger partial charge in [-0.1, -0.05) is 0 Å². The van der Waals surface area contributed by atoms with Gasteiger partial charge in [0, 0.05) is 37.3 Å². The number of ether oxygens (including phenoxy) is 1. The topological polar surface area (TPSA) is 178 Å². The number of pyridine rings is 2. The summed E-state index contributed by atoms with van der Waals surface area (Å²) in [7, 11) is 0. The maximum atomic E-state index is 12.5. The van der Waals surface area contributed by atoms with Crippen molar-refractivity contribution in [2.24, 2.45) is 0 Å². The van der Waals surface area contributed by atoms with Crippen LogP contribution in [-0.2, 0) is 18.0 Å². The van der Waals surface area contributed by atoms with E-state index in [0.29, 0.717) is 59.6 Å². The Hall–Kier alpha value is -4.27. The average molecular weight is 621 g/mol. The van der Waals surface area contributed by atoms with Crippen LogP contribution in [0, 0.1) is 0 Å². The summed E-state index contributed by atoms with van der Waals surface area (Å²) in [5.74, 6) is 0. The highest BCUT2D eigenvalue weighted by molar-refractivity contribution is 5.71. The Labute approximate surface area is 259 Å². The van der Waals surface area contributed by atoms with Crippen molar-refractivity contribution < 1.29 is 19.7 Å². The molecule has 6 heterocycles. The van der Waals surface area contributed by atoms with Crippen molar-refractivity contribution in [1.82, 2.24) is 39.3 Å². The monoisotopic (exact) mass is 620 g/mol. The molecule has 0 saturated carbocycles. The molecular formula is C31H40N8O6. The van der Waals surface area contributed by atoms with Crippen LogP contribution < -0.4 is 16.4 Å². The molecule has 240 valence electrons. The summed E-state index contributed by atoms with van der Waals surface area (Å²) in [4.78, 5) is 55.7. The van der Waals surface area contributed by atoms with Crippen molar-refractivity contribution in [2.75, 3.05) is 26.2 Å². The van der Waals surface area contributed by atoms with Crippen molar-refractivity contribution in [1.29, 1.82) is 0 Å². The van der Waals surface area contributed by atoms with Gasteiger partial charge in [0.1, 0.15) is 16.6 Å². The molecule has 2 aliphatic rings. The molecule has 14 heteroatoms. The first-order valence-electron chi connectivity index (χ1n) is 15.2. The van der Waals surface area contributed by atoms with Crippen molar-refractivity contribution in [3.63, 3.8) is 0 Å². The summed E-state index contributed by atoms with van der Waals surface area (Å²) in [6.07, 6.45) is 5.78. The van der Waals surface area contributed by atoms with E-state index in [1.165, 1.54) is 18.3 Å². The number of carbonyl (C=O) groups is 1. The van der Waals surface area contributed by atoms with E-state index in [9.17, 15) is 19.5 Å². The van der Waals surface area contributed by atoms with Gasteiger partial charge in [-0.25, -0.2) is 14.8 Å². The minimum atomic E-state index is -0.531. The van der Waals surface area contributed by atoms with Gasteiger partial charge in [0.15, 0.2) is 11.3 Å².